The van der Waals surface area contributed by atoms with Gasteiger partial charge in [-0.1, -0.05) is 19.9 Å². The van der Waals surface area contributed by atoms with Gasteiger partial charge in [-0.25, -0.2) is 0 Å². The van der Waals surface area contributed by atoms with Crippen molar-refractivity contribution in [2.75, 3.05) is 32.8 Å². The van der Waals surface area contributed by atoms with Gasteiger partial charge in [-0.3, -0.25) is 4.99 Å². The van der Waals surface area contributed by atoms with Crippen LogP contribution in [0.25, 0.3) is 0 Å². The molecule has 0 amide bonds. The molecule has 0 spiro atoms. The monoisotopic (exact) mass is 241 g/mol. The molecule has 0 radical (unpaired) electrons. The van der Waals surface area contributed by atoms with Crippen molar-refractivity contribution < 1.29 is 4.74 Å². The number of hydrogen-bond donors (Lipinski definition) is 2. The molecule has 0 aromatic carbocycles. The van der Waals surface area contributed by atoms with Crippen LogP contribution in [0, 0.1) is 5.92 Å². The lowest BCUT2D eigenvalue weighted by Crippen LogP contribution is -2.37. The van der Waals surface area contributed by atoms with Crippen molar-refractivity contribution in [2.45, 2.75) is 27.2 Å². The van der Waals surface area contributed by atoms with E-state index in [0.717, 1.165) is 45.2 Å². The van der Waals surface area contributed by atoms with Gasteiger partial charge in [0.15, 0.2) is 5.96 Å². The predicted octanol–water partition coefficient (Wildman–Crippen LogP) is 1.79. The lowest BCUT2D eigenvalue weighted by molar-refractivity contribution is 0.109. The minimum Gasteiger partial charge on any atom is -0.381 e. The van der Waals surface area contributed by atoms with Gasteiger partial charge in [0, 0.05) is 32.8 Å². The van der Waals surface area contributed by atoms with Crippen molar-refractivity contribution in [1.82, 2.24) is 10.6 Å². The molecule has 0 aliphatic carbocycles. The summed E-state index contributed by atoms with van der Waals surface area (Å²) in [7, 11) is 0. The molecule has 2 N–H and O–H groups in total. The molecule has 17 heavy (non-hydrogen) atoms. The number of ether oxygens (including phenoxy) is 1. The van der Waals surface area contributed by atoms with Crippen LogP contribution in [-0.2, 0) is 4.74 Å². The molecule has 4 nitrogen and oxygen atoms in total. The summed E-state index contributed by atoms with van der Waals surface area (Å²) in [6, 6.07) is 0. The van der Waals surface area contributed by atoms with Gasteiger partial charge in [-0.2, -0.15) is 0 Å². The number of hydrogen-bond acceptors (Lipinski definition) is 2. The van der Waals surface area contributed by atoms with Crippen molar-refractivity contribution >= 4 is 5.96 Å². The normalized spacial score (nSPS) is 11.6. The standard InChI is InChI=1S/C13H27N3O/c1-5-8-15-13(14-6-2)16-9-7-10-17-11-12(3)4/h5,12H,1,6-11H2,2-4H3,(H2,14,15,16). The van der Waals surface area contributed by atoms with Gasteiger partial charge in [0.1, 0.15) is 0 Å². The van der Waals surface area contributed by atoms with Crippen molar-refractivity contribution in [3.8, 4) is 0 Å². The number of nitrogens with zero attached hydrogens (tertiary/aromatic N) is 1. The van der Waals surface area contributed by atoms with E-state index in [4.69, 9.17) is 4.74 Å². The van der Waals surface area contributed by atoms with Crippen LogP contribution >= 0.6 is 0 Å². The predicted molar refractivity (Wildman–Crippen MR) is 74.5 cm³/mol. The summed E-state index contributed by atoms with van der Waals surface area (Å²) < 4.78 is 5.49. The summed E-state index contributed by atoms with van der Waals surface area (Å²) >= 11 is 0. The quantitative estimate of drug-likeness (QED) is 0.280. The lowest BCUT2D eigenvalue weighted by Gasteiger charge is -2.09. The first kappa shape index (κ1) is 16.0. The number of nitrogens with one attached hydrogen (secondary N) is 2. The molecule has 0 heterocycles. The Kier molecular flexibility index (Phi) is 10.8. The summed E-state index contributed by atoms with van der Waals surface area (Å²) in [6.07, 6.45) is 2.77. The number of rotatable bonds is 9. The maximum absolute atomic E-state index is 5.49. The molecule has 0 fully saturated rings. The van der Waals surface area contributed by atoms with Crippen LogP contribution in [0.2, 0.25) is 0 Å². The molecule has 4 heteroatoms. The highest BCUT2D eigenvalue weighted by atomic mass is 16.5. The molecule has 0 bridgehead atoms. The first-order valence-corrected chi connectivity index (χ1v) is 6.41. The van der Waals surface area contributed by atoms with Crippen molar-refractivity contribution in [3.05, 3.63) is 12.7 Å². The smallest absolute Gasteiger partial charge is 0.191 e. The fourth-order valence-electron chi connectivity index (χ4n) is 1.19. The average Bonchev–Trinajstić information content (AvgIpc) is 2.29. The average molecular weight is 241 g/mol. The Bertz CT molecular complexity index is 215. The van der Waals surface area contributed by atoms with Crippen molar-refractivity contribution in [3.63, 3.8) is 0 Å². The number of guanidine groups is 1. The molecule has 0 aliphatic heterocycles. The van der Waals surface area contributed by atoms with Crippen LogP contribution in [0.5, 0.6) is 0 Å². The first-order valence-electron chi connectivity index (χ1n) is 6.41. The van der Waals surface area contributed by atoms with E-state index >= 15 is 0 Å². The van der Waals surface area contributed by atoms with Gasteiger partial charge in [0.25, 0.3) is 0 Å². The minimum atomic E-state index is 0.602. The van der Waals surface area contributed by atoms with Crippen molar-refractivity contribution in [2.24, 2.45) is 10.9 Å². The topological polar surface area (TPSA) is 45.7 Å². The van der Waals surface area contributed by atoms with Gasteiger partial charge in [-0.05, 0) is 19.3 Å². The van der Waals surface area contributed by atoms with Crippen LogP contribution in [0.1, 0.15) is 27.2 Å². The highest BCUT2D eigenvalue weighted by molar-refractivity contribution is 5.79. The summed E-state index contributed by atoms with van der Waals surface area (Å²) in [5.74, 6) is 1.45. The molecule has 0 unspecified atom stereocenters. The molecule has 0 aromatic heterocycles. The molecule has 0 aromatic rings. The SMILES string of the molecule is C=CCNC(=NCCCOCC(C)C)NCC. The van der Waals surface area contributed by atoms with Crippen LogP contribution in [-0.4, -0.2) is 38.8 Å². The van der Waals surface area contributed by atoms with Gasteiger partial charge in [-0.15, -0.1) is 6.58 Å². The molecule has 0 saturated heterocycles. The summed E-state index contributed by atoms with van der Waals surface area (Å²) in [5, 5.41) is 6.34. The maximum Gasteiger partial charge on any atom is 0.191 e. The largest absolute Gasteiger partial charge is 0.381 e. The summed E-state index contributed by atoms with van der Waals surface area (Å²) in [6.45, 7) is 14.0. The Labute approximate surface area is 106 Å². The van der Waals surface area contributed by atoms with E-state index in [9.17, 15) is 0 Å². The molecule has 100 valence electrons. The molecule has 0 rings (SSSR count). The van der Waals surface area contributed by atoms with E-state index in [1.165, 1.54) is 0 Å². The highest BCUT2D eigenvalue weighted by Gasteiger charge is 1.95. The van der Waals surface area contributed by atoms with Gasteiger partial charge in [0.05, 0.1) is 0 Å². The maximum atomic E-state index is 5.49. The molecular formula is C13H27N3O. The fourth-order valence-corrected chi connectivity index (χ4v) is 1.19. The van der Waals surface area contributed by atoms with Crippen LogP contribution in [0.15, 0.2) is 17.6 Å². The molecule has 0 saturated carbocycles. The van der Waals surface area contributed by atoms with Crippen LogP contribution < -0.4 is 10.6 Å². The fraction of sp³-hybridized carbons (Fsp3) is 0.769. The zero-order valence-corrected chi connectivity index (χ0v) is 11.5. The first-order chi connectivity index (χ1) is 8.20. The lowest BCUT2D eigenvalue weighted by atomic mass is 10.2. The Morgan fingerprint density at radius 1 is 1.41 bits per heavy atom. The number of aliphatic imine (C=N–C) groups is 1. The highest BCUT2D eigenvalue weighted by Crippen LogP contribution is 1.93. The molecule has 0 atom stereocenters. The zero-order valence-electron chi connectivity index (χ0n) is 11.5. The van der Waals surface area contributed by atoms with E-state index in [-0.39, 0.29) is 0 Å². The second-order valence-corrected chi connectivity index (χ2v) is 4.25. The minimum absolute atomic E-state index is 0.602. The van der Waals surface area contributed by atoms with E-state index in [0.29, 0.717) is 5.92 Å². The Morgan fingerprint density at radius 3 is 2.76 bits per heavy atom. The second kappa shape index (κ2) is 11.5. The Morgan fingerprint density at radius 2 is 2.18 bits per heavy atom. The third-order valence-corrected chi connectivity index (χ3v) is 1.93. The van der Waals surface area contributed by atoms with E-state index in [1.807, 2.05) is 6.08 Å². The van der Waals surface area contributed by atoms with E-state index in [1.54, 1.807) is 0 Å². The molecular weight excluding hydrogens is 214 g/mol. The van der Waals surface area contributed by atoms with Gasteiger partial charge in [0.2, 0.25) is 0 Å². The Hall–Kier alpha value is -1.03. The third-order valence-electron chi connectivity index (χ3n) is 1.93. The summed E-state index contributed by atoms with van der Waals surface area (Å²) in [4.78, 5) is 4.43. The van der Waals surface area contributed by atoms with Gasteiger partial charge >= 0.3 is 0 Å². The van der Waals surface area contributed by atoms with Crippen molar-refractivity contribution in [1.29, 1.82) is 0 Å². The van der Waals surface area contributed by atoms with E-state index in [2.05, 4.69) is 43.0 Å². The zero-order chi connectivity index (χ0) is 12.9. The molecule has 0 aliphatic rings. The second-order valence-electron chi connectivity index (χ2n) is 4.25. The third kappa shape index (κ3) is 11.2. The summed E-state index contributed by atoms with van der Waals surface area (Å²) in [5.41, 5.74) is 0. The van der Waals surface area contributed by atoms with Gasteiger partial charge < -0.3 is 15.4 Å². The van der Waals surface area contributed by atoms with Crippen LogP contribution in [0.4, 0.5) is 0 Å². The van der Waals surface area contributed by atoms with E-state index < -0.39 is 0 Å². The van der Waals surface area contributed by atoms with Crippen LogP contribution in [0.3, 0.4) is 0 Å². The Balaban J connectivity index is 3.64.